The molecule has 33 heavy (non-hydrogen) atoms. The summed E-state index contributed by atoms with van der Waals surface area (Å²) >= 11 is 0. The van der Waals surface area contributed by atoms with Gasteiger partial charge in [-0.1, -0.05) is 6.08 Å². The zero-order chi connectivity index (χ0) is 23.6. The molecule has 0 aromatic heterocycles. The molecule has 0 aromatic carbocycles. The zero-order valence-electron chi connectivity index (χ0n) is 19.6. The zero-order valence-corrected chi connectivity index (χ0v) is 19.6. The predicted molar refractivity (Wildman–Crippen MR) is 127 cm³/mol. The first-order chi connectivity index (χ1) is 16.0. The normalized spacial score (nSPS) is 24.0. The fourth-order valence-electron chi connectivity index (χ4n) is 3.89. The quantitative estimate of drug-likeness (QED) is 0.126. The highest BCUT2D eigenvalue weighted by Crippen LogP contribution is 2.30. The summed E-state index contributed by atoms with van der Waals surface area (Å²) in [5.41, 5.74) is 2.06. The number of hydrogen-bond donors (Lipinski definition) is 6. The first kappa shape index (κ1) is 25.4. The molecule has 3 atom stereocenters. The van der Waals surface area contributed by atoms with Gasteiger partial charge in [0.25, 0.3) is 5.91 Å². The van der Waals surface area contributed by atoms with Gasteiger partial charge in [-0.25, -0.2) is 0 Å². The number of nitrogens with one attached hydrogen (secondary N) is 5. The van der Waals surface area contributed by atoms with Gasteiger partial charge in [-0.15, -0.1) is 0 Å². The lowest BCUT2D eigenvalue weighted by molar-refractivity contribution is -0.146. The topological polar surface area (TPSA) is 131 Å². The Bertz CT molecular complexity index is 758. The minimum Gasteiger partial charge on any atom is -0.384 e. The molecule has 1 unspecified atom stereocenters. The van der Waals surface area contributed by atoms with Gasteiger partial charge in [0.05, 0.1) is 25.1 Å². The third kappa shape index (κ3) is 7.38. The van der Waals surface area contributed by atoms with Gasteiger partial charge < -0.3 is 40.8 Å². The standard InChI is InChI=1S/C23H38N6O4/c1-16(29(18-5-6-18)23(31)21-14-25-10-11-33-21)19(24)12-20(27-9-3-8-26-15-30)17-4-7-22(32-2)28-13-17/h4,7,12-13,16,18,21-22,24-28,30H,3,5-6,8-11,14-15H2,1-2H3/b20-12-,24-19?/t16-,21-,22?/m1/s1. The van der Waals surface area contributed by atoms with Gasteiger partial charge in [0.2, 0.25) is 0 Å². The second-order valence-electron chi connectivity index (χ2n) is 8.45. The van der Waals surface area contributed by atoms with Crippen molar-refractivity contribution in [1.82, 2.24) is 26.2 Å². The van der Waals surface area contributed by atoms with E-state index >= 15 is 0 Å². The highest BCUT2D eigenvalue weighted by atomic mass is 16.5. The molecule has 184 valence electrons. The second-order valence-corrected chi connectivity index (χ2v) is 8.45. The van der Waals surface area contributed by atoms with E-state index in [0.29, 0.717) is 32.0 Å². The SMILES string of the molecule is COC1C=CC(/C(=C/C(=N)[C@@H](C)N(C(=O)[C@H]2CNCCO2)C2CC2)NCCCNCO)=CN1. The monoisotopic (exact) mass is 462 g/mol. The molecule has 0 spiro atoms. The Morgan fingerprint density at radius 2 is 2.27 bits per heavy atom. The van der Waals surface area contributed by atoms with E-state index in [-0.39, 0.29) is 30.9 Å². The third-order valence-electron chi connectivity index (χ3n) is 5.94. The Labute approximate surface area is 196 Å². The number of carbonyl (C=O) groups is 1. The maximum absolute atomic E-state index is 13.2. The van der Waals surface area contributed by atoms with Crippen molar-refractivity contribution in [2.24, 2.45) is 0 Å². The maximum atomic E-state index is 13.2. The Hall–Kier alpha value is -2.24. The fraction of sp³-hybridized carbons (Fsp3) is 0.652. The molecular weight excluding hydrogens is 424 g/mol. The lowest BCUT2D eigenvalue weighted by atomic mass is 10.0. The van der Waals surface area contributed by atoms with Crippen LogP contribution in [0, 0.1) is 5.41 Å². The molecule has 2 fully saturated rings. The van der Waals surface area contributed by atoms with Crippen LogP contribution in [0.4, 0.5) is 0 Å². The fourth-order valence-corrected chi connectivity index (χ4v) is 3.89. The molecule has 2 aliphatic heterocycles. The van der Waals surface area contributed by atoms with Gasteiger partial charge >= 0.3 is 0 Å². The number of carbonyl (C=O) groups excluding carboxylic acids is 1. The van der Waals surface area contributed by atoms with E-state index < -0.39 is 6.10 Å². The molecule has 1 saturated heterocycles. The highest BCUT2D eigenvalue weighted by molar-refractivity contribution is 6.00. The number of dihydropyridines is 1. The number of aliphatic hydroxyl groups is 1. The van der Waals surface area contributed by atoms with Crippen molar-refractivity contribution in [2.75, 3.05) is 46.6 Å². The number of morpholine rings is 1. The molecule has 0 radical (unpaired) electrons. The van der Waals surface area contributed by atoms with Crippen LogP contribution in [-0.4, -0.2) is 92.7 Å². The molecule has 0 aromatic rings. The van der Waals surface area contributed by atoms with Crippen molar-refractivity contribution in [2.45, 2.75) is 50.6 Å². The second kappa shape index (κ2) is 12.9. The van der Waals surface area contributed by atoms with Crippen molar-refractivity contribution < 1.29 is 19.4 Å². The van der Waals surface area contributed by atoms with E-state index in [1.807, 2.05) is 30.2 Å². The van der Waals surface area contributed by atoms with Crippen LogP contribution in [0.15, 0.2) is 35.7 Å². The molecule has 2 heterocycles. The van der Waals surface area contributed by atoms with Gasteiger partial charge in [-0.2, -0.15) is 0 Å². The predicted octanol–water partition coefficient (Wildman–Crippen LogP) is -0.207. The van der Waals surface area contributed by atoms with E-state index in [2.05, 4.69) is 21.3 Å². The summed E-state index contributed by atoms with van der Waals surface area (Å²) in [6, 6.07) is -0.193. The van der Waals surface area contributed by atoms with E-state index in [4.69, 9.17) is 20.0 Å². The van der Waals surface area contributed by atoms with Gasteiger partial charge in [0.15, 0.2) is 0 Å². The van der Waals surface area contributed by atoms with Gasteiger partial charge in [-0.3, -0.25) is 10.1 Å². The summed E-state index contributed by atoms with van der Waals surface area (Å²) in [5, 5.41) is 30.4. The lowest BCUT2D eigenvalue weighted by Gasteiger charge is -2.34. The van der Waals surface area contributed by atoms with E-state index in [9.17, 15) is 4.79 Å². The lowest BCUT2D eigenvalue weighted by Crippen LogP contribution is -2.54. The summed E-state index contributed by atoms with van der Waals surface area (Å²) in [4.78, 5) is 15.0. The Morgan fingerprint density at radius 1 is 1.45 bits per heavy atom. The molecule has 3 aliphatic rings. The first-order valence-corrected chi connectivity index (χ1v) is 11.7. The van der Waals surface area contributed by atoms with Gasteiger partial charge in [0, 0.05) is 50.3 Å². The number of rotatable bonds is 13. The molecular formula is C23H38N6O4. The van der Waals surface area contributed by atoms with Crippen LogP contribution in [0.5, 0.6) is 0 Å². The summed E-state index contributed by atoms with van der Waals surface area (Å²) < 4.78 is 11.0. The molecule has 1 amide bonds. The number of ether oxygens (including phenoxy) is 2. The molecule has 3 rings (SSSR count). The molecule has 6 N–H and O–H groups in total. The van der Waals surface area contributed by atoms with Gasteiger partial charge in [0.1, 0.15) is 12.3 Å². The Morgan fingerprint density at radius 3 is 2.88 bits per heavy atom. The average Bonchev–Trinajstić information content (AvgIpc) is 3.69. The average molecular weight is 463 g/mol. The van der Waals surface area contributed by atoms with Crippen LogP contribution >= 0.6 is 0 Å². The van der Waals surface area contributed by atoms with Crippen LogP contribution in [0.3, 0.4) is 0 Å². The number of aliphatic hydroxyl groups excluding tert-OH is 1. The smallest absolute Gasteiger partial charge is 0.253 e. The van der Waals surface area contributed by atoms with Crippen LogP contribution < -0.4 is 21.3 Å². The minimum absolute atomic E-state index is 0.0404. The van der Waals surface area contributed by atoms with E-state index in [1.165, 1.54) is 0 Å². The molecule has 10 nitrogen and oxygen atoms in total. The van der Waals surface area contributed by atoms with Crippen molar-refractivity contribution in [3.63, 3.8) is 0 Å². The first-order valence-electron chi connectivity index (χ1n) is 11.7. The number of hydrogen-bond acceptors (Lipinski definition) is 9. The maximum Gasteiger partial charge on any atom is 0.253 e. The molecule has 1 saturated carbocycles. The van der Waals surface area contributed by atoms with Crippen LogP contribution in [-0.2, 0) is 14.3 Å². The molecule has 1 aliphatic carbocycles. The summed E-state index contributed by atoms with van der Waals surface area (Å²) in [5.74, 6) is -0.0404. The highest BCUT2D eigenvalue weighted by Gasteiger charge is 2.40. The minimum atomic E-state index is -0.491. The summed E-state index contributed by atoms with van der Waals surface area (Å²) in [6.07, 6.45) is 9.60. The number of allylic oxidation sites excluding steroid dienone is 1. The van der Waals surface area contributed by atoms with Crippen LogP contribution in [0.25, 0.3) is 0 Å². The van der Waals surface area contributed by atoms with Crippen LogP contribution in [0.2, 0.25) is 0 Å². The number of amides is 1. The van der Waals surface area contributed by atoms with Crippen molar-refractivity contribution in [3.8, 4) is 0 Å². The van der Waals surface area contributed by atoms with Gasteiger partial charge in [-0.05, 0) is 44.9 Å². The van der Waals surface area contributed by atoms with Crippen molar-refractivity contribution in [1.29, 1.82) is 5.41 Å². The summed E-state index contributed by atoms with van der Waals surface area (Å²) in [6.45, 7) is 5.01. The number of nitrogens with zero attached hydrogens (tertiary/aromatic N) is 1. The largest absolute Gasteiger partial charge is 0.384 e. The van der Waals surface area contributed by atoms with E-state index in [1.54, 1.807) is 13.2 Å². The Kier molecular flexibility index (Phi) is 9.89. The molecule has 10 heteroatoms. The van der Waals surface area contributed by atoms with Crippen LogP contribution in [0.1, 0.15) is 26.2 Å². The third-order valence-corrected chi connectivity index (χ3v) is 5.94. The van der Waals surface area contributed by atoms with E-state index in [0.717, 1.165) is 37.1 Å². The van der Waals surface area contributed by atoms with Crippen molar-refractivity contribution in [3.05, 3.63) is 35.7 Å². The van der Waals surface area contributed by atoms with Crippen molar-refractivity contribution >= 4 is 11.6 Å². The summed E-state index contributed by atoms with van der Waals surface area (Å²) in [7, 11) is 1.64. The number of methoxy groups -OCH3 is 1. The Balaban J connectivity index is 1.71. The molecule has 0 bridgehead atoms.